The molecule has 4 rings (SSSR count). The molecular formula is C16H23N5. The van der Waals surface area contributed by atoms with E-state index in [1.807, 2.05) is 0 Å². The quantitative estimate of drug-likeness (QED) is 0.758. The van der Waals surface area contributed by atoms with Crippen molar-refractivity contribution >= 4 is 11.8 Å². The number of nitrogens with one attached hydrogen (secondary N) is 1. The lowest BCUT2D eigenvalue weighted by Crippen LogP contribution is -2.24. The first kappa shape index (κ1) is 13.1. The number of nitrogen functional groups attached to an aromatic ring is 1. The van der Waals surface area contributed by atoms with E-state index in [2.05, 4.69) is 32.3 Å². The smallest absolute Gasteiger partial charge is 0.222 e. The van der Waals surface area contributed by atoms with Crippen LogP contribution in [0.15, 0.2) is 12.2 Å². The molecule has 5 heteroatoms. The molecule has 5 nitrogen and oxygen atoms in total. The summed E-state index contributed by atoms with van der Waals surface area (Å²) < 4.78 is 0. The second-order valence-corrected chi connectivity index (χ2v) is 6.45. The van der Waals surface area contributed by atoms with Crippen LogP contribution in [0, 0.1) is 11.8 Å². The van der Waals surface area contributed by atoms with Gasteiger partial charge in [0, 0.05) is 31.6 Å². The van der Waals surface area contributed by atoms with Crippen LogP contribution in [0.3, 0.4) is 0 Å². The molecule has 0 bridgehead atoms. The Hall–Kier alpha value is -1.62. The Bertz CT molecular complexity index is 552. The summed E-state index contributed by atoms with van der Waals surface area (Å²) in [6, 6.07) is 0. The molecule has 0 radical (unpaired) electrons. The minimum Gasteiger partial charge on any atom is -0.368 e. The van der Waals surface area contributed by atoms with Crippen molar-refractivity contribution < 1.29 is 0 Å². The maximum Gasteiger partial charge on any atom is 0.222 e. The number of fused-ring (bicyclic) bond motifs is 2. The fourth-order valence-corrected chi connectivity index (χ4v) is 3.99. The van der Waals surface area contributed by atoms with E-state index < -0.39 is 0 Å². The molecule has 3 N–H and O–H groups in total. The van der Waals surface area contributed by atoms with Crippen LogP contribution in [0.4, 0.5) is 11.8 Å². The molecule has 0 spiro atoms. The van der Waals surface area contributed by atoms with Crippen LogP contribution in [-0.4, -0.2) is 36.1 Å². The molecule has 0 saturated carbocycles. The van der Waals surface area contributed by atoms with E-state index in [9.17, 15) is 0 Å². The first-order valence-electron chi connectivity index (χ1n) is 8.07. The number of hydrogen-bond donors (Lipinski definition) is 2. The summed E-state index contributed by atoms with van der Waals surface area (Å²) in [7, 11) is 0. The maximum atomic E-state index is 5.97. The highest BCUT2D eigenvalue weighted by atomic mass is 15.2. The summed E-state index contributed by atoms with van der Waals surface area (Å²) in [5.41, 5.74) is 8.44. The molecule has 1 fully saturated rings. The van der Waals surface area contributed by atoms with Crippen molar-refractivity contribution in [2.24, 2.45) is 11.8 Å². The van der Waals surface area contributed by atoms with Gasteiger partial charge in [0.2, 0.25) is 5.95 Å². The van der Waals surface area contributed by atoms with Gasteiger partial charge in [-0.05, 0) is 37.6 Å². The lowest BCUT2D eigenvalue weighted by Gasteiger charge is -2.22. The summed E-state index contributed by atoms with van der Waals surface area (Å²) >= 11 is 0. The van der Waals surface area contributed by atoms with Gasteiger partial charge >= 0.3 is 0 Å². The zero-order valence-electron chi connectivity index (χ0n) is 12.4. The van der Waals surface area contributed by atoms with Gasteiger partial charge in [0.05, 0.1) is 5.69 Å². The molecule has 3 heterocycles. The number of rotatable bonds is 1. The van der Waals surface area contributed by atoms with Crippen LogP contribution in [-0.2, 0) is 12.8 Å². The Kier molecular flexibility index (Phi) is 3.30. The summed E-state index contributed by atoms with van der Waals surface area (Å²) in [6.07, 6.45) is 9.07. The van der Waals surface area contributed by atoms with Crippen LogP contribution >= 0.6 is 0 Å². The third kappa shape index (κ3) is 2.39. The number of hydrogen-bond acceptors (Lipinski definition) is 5. The van der Waals surface area contributed by atoms with Gasteiger partial charge < -0.3 is 16.0 Å². The van der Waals surface area contributed by atoms with Crippen molar-refractivity contribution in [1.29, 1.82) is 0 Å². The minimum atomic E-state index is 0.429. The van der Waals surface area contributed by atoms with Crippen molar-refractivity contribution in [3.8, 4) is 0 Å². The van der Waals surface area contributed by atoms with Crippen molar-refractivity contribution in [3.63, 3.8) is 0 Å². The van der Waals surface area contributed by atoms with E-state index >= 15 is 0 Å². The zero-order chi connectivity index (χ0) is 14.2. The topological polar surface area (TPSA) is 67.1 Å². The summed E-state index contributed by atoms with van der Waals surface area (Å²) in [4.78, 5) is 11.6. The molecule has 1 aromatic heterocycles. The first-order valence-corrected chi connectivity index (χ1v) is 8.07. The molecule has 1 saturated heterocycles. The predicted molar refractivity (Wildman–Crippen MR) is 84.3 cm³/mol. The molecule has 0 unspecified atom stereocenters. The normalized spacial score (nSPS) is 28.1. The van der Waals surface area contributed by atoms with E-state index in [0.29, 0.717) is 5.95 Å². The summed E-state index contributed by atoms with van der Waals surface area (Å²) in [5, 5.41) is 3.44. The molecule has 0 amide bonds. The largest absolute Gasteiger partial charge is 0.368 e. The fourth-order valence-electron chi connectivity index (χ4n) is 3.99. The Morgan fingerprint density at radius 3 is 2.52 bits per heavy atom. The Labute approximate surface area is 125 Å². The molecule has 21 heavy (non-hydrogen) atoms. The van der Waals surface area contributed by atoms with Gasteiger partial charge in [-0.15, -0.1) is 0 Å². The van der Waals surface area contributed by atoms with E-state index in [-0.39, 0.29) is 0 Å². The van der Waals surface area contributed by atoms with E-state index in [1.54, 1.807) is 0 Å². The van der Waals surface area contributed by atoms with Crippen molar-refractivity contribution in [3.05, 3.63) is 23.4 Å². The number of allylic oxidation sites excluding steroid dienone is 2. The van der Waals surface area contributed by atoms with Gasteiger partial charge in [-0.1, -0.05) is 12.2 Å². The molecule has 2 aliphatic heterocycles. The molecule has 1 aliphatic carbocycles. The number of aromatic nitrogens is 2. The lowest BCUT2D eigenvalue weighted by atomic mass is 9.86. The number of anilines is 2. The Morgan fingerprint density at radius 2 is 1.76 bits per heavy atom. The number of nitrogens with zero attached hydrogens (tertiary/aromatic N) is 3. The van der Waals surface area contributed by atoms with Crippen LogP contribution in [0.25, 0.3) is 0 Å². The van der Waals surface area contributed by atoms with Crippen LogP contribution < -0.4 is 16.0 Å². The summed E-state index contributed by atoms with van der Waals surface area (Å²) in [5.74, 6) is 3.10. The zero-order valence-corrected chi connectivity index (χ0v) is 12.4. The second-order valence-electron chi connectivity index (χ2n) is 6.45. The SMILES string of the molecule is Nc1nc2c(c(N3C[C@H]4CC=CC[C@H]4C3)n1)CCNCC2. The maximum absolute atomic E-state index is 5.97. The van der Waals surface area contributed by atoms with Gasteiger partial charge in [-0.2, -0.15) is 4.98 Å². The van der Waals surface area contributed by atoms with E-state index in [0.717, 1.165) is 62.4 Å². The number of nitrogens with two attached hydrogens (primary N) is 1. The molecular weight excluding hydrogens is 262 g/mol. The average molecular weight is 285 g/mol. The van der Waals surface area contributed by atoms with Gasteiger partial charge in [-0.25, -0.2) is 4.98 Å². The van der Waals surface area contributed by atoms with Gasteiger partial charge in [0.25, 0.3) is 0 Å². The fraction of sp³-hybridized carbons (Fsp3) is 0.625. The highest BCUT2D eigenvalue weighted by molar-refractivity contribution is 5.53. The highest BCUT2D eigenvalue weighted by Gasteiger charge is 2.35. The van der Waals surface area contributed by atoms with Gasteiger partial charge in [-0.3, -0.25) is 0 Å². The Balaban J connectivity index is 1.67. The predicted octanol–water partition coefficient (Wildman–Crippen LogP) is 1.15. The van der Waals surface area contributed by atoms with Crippen LogP contribution in [0.5, 0.6) is 0 Å². The van der Waals surface area contributed by atoms with Crippen molar-refractivity contribution in [1.82, 2.24) is 15.3 Å². The molecule has 0 aromatic carbocycles. The summed E-state index contributed by atoms with van der Waals surface area (Å²) in [6.45, 7) is 4.23. The average Bonchev–Trinajstić information content (AvgIpc) is 2.78. The van der Waals surface area contributed by atoms with Crippen molar-refractivity contribution in [2.45, 2.75) is 25.7 Å². The van der Waals surface area contributed by atoms with E-state index in [1.165, 1.54) is 18.4 Å². The van der Waals surface area contributed by atoms with Crippen LogP contribution in [0.2, 0.25) is 0 Å². The molecule has 1 aromatic rings. The third-order valence-electron chi connectivity index (χ3n) is 5.10. The monoisotopic (exact) mass is 285 g/mol. The first-order chi connectivity index (χ1) is 10.3. The Morgan fingerprint density at radius 1 is 1.05 bits per heavy atom. The highest BCUT2D eigenvalue weighted by Crippen LogP contribution is 2.36. The molecule has 112 valence electrons. The minimum absolute atomic E-state index is 0.429. The standard InChI is InChI=1S/C16H23N5/c17-16-19-14-6-8-18-7-5-13(14)15(20-16)21-9-11-3-1-2-4-12(11)10-21/h1-2,11-12,18H,3-10H2,(H2,17,19,20)/t11-,12+. The van der Waals surface area contributed by atoms with Crippen LogP contribution in [0.1, 0.15) is 24.1 Å². The van der Waals surface area contributed by atoms with E-state index in [4.69, 9.17) is 5.73 Å². The van der Waals surface area contributed by atoms with Gasteiger partial charge in [0.15, 0.2) is 0 Å². The third-order valence-corrected chi connectivity index (χ3v) is 5.10. The molecule has 2 atom stereocenters. The second kappa shape index (κ2) is 5.30. The molecule has 3 aliphatic rings. The van der Waals surface area contributed by atoms with Crippen molar-refractivity contribution in [2.75, 3.05) is 36.8 Å². The lowest BCUT2D eigenvalue weighted by molar-refractivity contribution is 0.411. The van der Waals surface area contributed by atoms with Gasteiger partial charge in [0.1, 0.15) is 5.82 Å².